The lowest BCUT2D eigenvalue weighted by Crippen LogP contribution is -2.63. The lowest BCUT2D eigenvalue weighted by molar-refractivity contribution is -0.220. The van der Waals surface area contributed by atoms with E-state index in [4.69, 9.17) is 25.8 Å². The molecule has 1 N–H and O–H groups in total. The molecule has 4 fully saturated rings. The molecule has 42 heavy (non-hydrogen) atoms. The maximum absolute atomic E-state index is 13.7. The van der Waals surface area contributed by atoms with E-state index in [1.54, 1.807) is 7.11 Å². The molecule has 3 saturated carbocycles. The van der Waals surface area contributed by atoms with Gasteiger partial charge < -0.3 is 24.1 Å². The van der Waals surface area contributed by atoms with Crippen LogP contribution in [-0.2, 0) is 30.3 Å². The predicted octanol–water partition coefficient (Wildman–Crippen LogP) is 5.84. The third kappa shape index (κ3) is 4.21. The van der Waals surface area contributed by atoms with Crippen molar-refractivity contribution in [3.63, 3.8) is 0 Å². The van der Waals surface area contributed by atoms with E-state index in [0.717, 1.165) is 36.7 Å². The molecule has 8 heteroatoms. The molecule has 1 aromatic rings. The monoisotopic (exact) mass is 599 g/mol. The van der Waals surface area contributed by atoms with E-state index >= 15 is 0 Å². The zero-order valence-corrected chi connectivity index (χ0v) is 26.3. The fourth-order valence-electron chi connectivity index (χ4n) is 10.3. The molecule has 0 radical (unpaired) electrons. The molecule has 7 nitrogen and oxygen atoms in total. The minimum absolute atomic E-state index is 0.00547. The number of carboxylic acids is 1. The number of allylic oxidation sites excluding steroid dienone is 1. The zero-order chi connectivity index (χ0) is 30.0. The quantitative estimate of drug-likeness (QED) is 0.282. The van der Waals surface area contributed by atoms with Gasteiger partial charge in [-0.3, -0.25) is 9.69 Å². The van der Waals surface area contributed by atoms with E-state index in [1.807, 2.05) is 31.2 Å². The van der Waals surface area contributed by atoms with E-state index in [1.165, 1.54) is 0 Å². The Hall–Kier alpha value is -1.77. The number of hydrogen-bond acceptors (Lipinski definition) is 6. The molecule has 10 atom stereocenters. The van der Waals surface area contributed by atoms with Gasteiger partial charge in [-0.15, -0.1) is 0 Å². The highest BCUT2D eigenvalue weighted by molar-refractivity contribution is 6.30. The molecule has 4 aliphatic carbocycles. The van der Waals surface area contributed by atoms with Crippen LogP contribution in [0.1, 0.15) is 58.9 Å². The van der Waals surface area contributed by atoms with Gasteiger partial charge in [-0.1, -0.05) is 62.6 Å². The Morgan fingerprint density at radius 2 is 1.93 bits per heavy atom. The second-order valence-corrected chi connectivity index (χ2v) is 14.6. The van der Waals surface area contributed by atoms with Crippen LogP contribution in [-0.4, -0.2) is 67.6 Å². The van der Waals surface area contributed by atoms with Gasteiger partial charge in [0.2, 0.25) is 0 Å². The first-order chi connectivity index (χ1) is 20.0. The first kappa shape index (κ1) is 30.3. The van der Waals surface area contributed by atoms with Crippen molar-refractivity contribution < 1.29 is 28.9 Å². The van der Waals surface area contributed by atoms with Crippen molar-refractivity contribution in [2.24, 2.45) is 45.8 Å². The van der Waals surface area contributed by atoms with Crippen LogP contribution in [0.3, 0.4) is 0 Å². The summed E-state index contributed by atoms with van der Waals surface area (Å²) < 4.78 is 19.1. The molecular formula is C34H46ClNO6. The van der Waals surface area contributed by atoms with Gasteiger partial charge in [-0.25, -0.2) is 0 Å². The van der Waals surface area contributed by atoms with Crippen molar-refractivity contribution >= 4 is 23.9 Å². The average Bonchev–Trinajstić information content (AvgIpc) is 3.48. The standard InChI is InChI=1S/C34H46ClNO6/c1-20(2)28-12-24-13-32(18-37)27-11-6-21(3)26(27)14-33(24,34(28,32)31(38)39)19-41-30-17-36(16-29(40-5)22(4)42-30)15-23-7-9-25(35)10-8-23/h7-10,12,18,20-22,24,26-27,29-30H,6,11,13-17,19H2,1-5H3,(H,38,39)/t21-,22-,24?,26-,27-,29+,30-,32?,33?,34?/m1/s1. The molecule has 1 heterocycles. The van der Waals surface area contributed by atoms with Crippen LogP contribution in [0, 0.1) is 45.8 Å². The summed E-state index contributed by atoms with van der Waals surface area (Å²) in [6, 6.07) is 7.85. The topological polar surface area (TPSA) is 85.3 Å². The van der Waals surface area contributed by atoms with Crippen LogP contribution >= 0.6 is 11.6 Å². The van der Waals surface area contributed by atoms with Crippen LogP contribution in [0.15, 0.2) is 35.9 Å². The van der Waals surface area contributed by atoms with Gasteiger partial charge in [0, 0.05) is 37.2 Å². The summed E-state index contributed by atoms with van der Waals surface area (Å²) in [5.74, 6) is 0.0695. The maximum atomic E-state index is 13.7. The number of aldehydes is 1. The summed E-state index contributed by atoms with van der Waals surface area (Å²) in [4.78, 5) is 29.3. The number of benzene rings is 1. The Bertz CT molecular complexity index is 1230. The molecule has 1 saturated heterocycles. The van der Waals surface area contributed by atoms with Gasteiger partial charge in [0.1, 0.15) is 11.7 Å². The van der Waals surface area contributed by atoms with Crippen LogP contribution < -0.4 is 0 Å². The van der Waals surface area contributed by atoms with Crippen LogP contribution in [0.5, 0.6) is 0 Å². The molecule has 1 aliphatic heterocycles. The number of aliphatic carboxylic acids is 1. The second-order valence-electron chi connectivity index (χ2n) is 14.2. The van der Waals surface area contributed by atoms with Crippen molar-refractivity contribution in [3.8, 4) is 0 Å². The summed E-state index contributed by atoms with van der Waals surface area (Å²) in [5, 5.41) is 12.0. The molecule has 4 unspecified atom stereocenters. The van der Waals surface area contributed by atoms with E-state index in [0.29, 0.717) is 42.9 Å². The average molecular weight is 600 g/mol. The molecule has 5 aliphatic rings. The van der Waals surface area contributed by atoms with Crippen molar-refractivity contribution in [1.29, 1.82) is 0 Å². The lowest BCUT2D eigenvalue weighted by Gasteiger charge is -2.58. The minimum atomic E-state index is -1.25. The molecular weight excluding hydrogens is 554 g/mol. The van der Waals surface area contributed by atoms with Gasteiger partial charge in [-0.2, -0.15) is 0 Å². The molecule has 4 bridgehead atoms. The molecule has 230 valence electrons. The van der Waals surface area contributed by atoms with Crippen molar-refractivity contribution in [3.05, 3.63) is 46.5 Å². The summed E-state index contributed by atoms with van der Waals surface area (Å²) >= 11 is 6.13. The van der Waals surface area contributed by atoms with Crippen molar-refractivity contribution in [2.75, 3.05) is 26.8 Å². The fraction of sp³-hybridized carbons (Fsp3) is 0.706. The SMILES string of the molecule is CO[C@H]1CN(Cc2ccc(Cl)cc2)C[C@H](OCC23C[C@@H]4[C@H](C)CC[C@H]4C4(C=O)CC2C=C(C(C)C)C34C(=O)O)O[C@@H]1C. The van der Waals surface area contributed by atoms with E-state index in [2.05, 4.69) is 31.7 Å². The highest BCUT2D eigenvalue weighted by atomic mass is 35.5. The second kappa shape index (κ2) is 11.0. The number of carbonyl (C=O) groups excluding carboxylic acids is 1. The van der Waals surface area contributed by atoms with E-state index in [-0.39, 0.29) is 36.6 Å². The summed E-state index contributed by atoms with van der Waals surface area (Å²) in [6.07, 6.45) is 5.75. The van der Waals surface area contributed by atoms with Gasteiger partial charge in [0.15, 0.2) is 6.29 Å². The molecule has 0 spiro atoms. The molecule has 0 amide bonds. The Morgan fingerprint density at radius 3 is 2.57 bits per heavy atom. The van der Waals surface area contributed by atoms with Gasteiger partial charge in [0.05, 0.1) is 24.2 Å². The smallest absolute Gasteiger partial charge is 0.315 e. The Morgan fingerprint density at radius 1 is 1.19 bits per heavy atom. The lowest BCUT2D eigenvalue weighted by atomic mass is 9.43. The van der Waals surface area contributed by atoms with E-state index in [9.17, 15) is 14.7 Å². The number of carboxylic acid groups (broad SMARTS) is 1. The number of halogens is 1. The zero-order valence-electron chi connectivity index (χ0n) is 25.6. The van der Waals surface area contributed by atoms with Gasteiger partial charge in [0.25, 0.3) is 0 Å². The number of hydrogen-bond donors (Lipinski definition) is 1. The highest BCUT2D eigenvalue weighted by Crippen LogP contribution is 2.82. The number of nitrogens with zero attached hydrogens (tertiary/aromatic N) is 1. The summed E-state index contributed by atoms with van der Waals surface area (Å²) in [6.45, 7) is 10.6. The van der Waals surface area contributed by atoms with Crippen LogP contribution in [0.4, 0.5) is 0 Å². The van der Waals surface area contributed by atoms with Crippen LogP contribution in [0.2, 0.25) is 5.02 Å². The fourth-order valence-corrected chi connectivity index (χ4v) is 10.4. The minimum Gasteiger partial charge on any atom is -0.481 e. The molecule has 1 aromatic carbocycles. The summed E-state index contributed by atoms with van der Waals surface area (Å²) in [5.41, 5.74) is -0.762. The van der Waals surface area contributed by atoms with E-state index < -0.39 is 28.5 Å². The molecule has 0 aromatic heterocycles. The Balaban J connectivity index is 1.33. The predicted molar refractivity (Wildman–Crippen MR) is 160 cm³/mol. The van der Waals surface area contributed by atoms with Crippen molar-refractivity contribution in [2.45, 2.75) is 78.4 Å². The number of carbonyl (C=O) groups is 2. The first-order valence-electron chi connectivity index (χ1n) is 15.7. The van der Waals surface area contributed by atoms with Gasteiger partial charge in [-0.05, 0) is 73.5 Å². The molecule has 6 rings (SSSR count). The maximum Gasteiger partial charge on any atom is 0.315 e. The highest BCUT2D eigenvalue weighted by Gasteiger charge is 2.84. The number of ether oxygens (including phenoxy) is 3. The van der Waals surface area contributed by atoms with Crippen LogP contribution in [0.25, 0.3) is 0 Å². The van der Waals surface area contributed by atoms with Gasteiger partial charge >= 0.3 is 5.97 Å². The number of rotatable bonds is 9. The largest absolute Gasteiger partial charge is 0.481 e. The van der Waals surface area contributed by atoms with Crippen molar-refractivity contribution in [1.82, 2.24) is 4.90 Å². The number of methoxy groups -OCH3 is 1. The summed E-state index contributed by atoms with van der Waals surface area (Å²) in [7, 11) is 1.71. The Kier molecular flexibility index (Phi) is 7.92. The third-order valence-electron chi connectivity index (χ3n) is 12.0. The first-order valence-corrected chi connectivity index (χ1v) is 16.1. The number of fused-ring (bicyclic) bond motifs is 2. The Labute approximate surface area is 254 Å². The normalized spacial score (nSPS) is 42.8. The third-order valence-corrected chi connectivity index (χ3v) is 12.3.